The van der Waals surface area contributed by atoms with Gasteiger partial charge in [-0.15, -0.1) is 0 Å². The molecule has 1 saturated heterocycles. The number of benzene rings is 1. The third-order valence-corrected chi connectivity index (χ3v) is 4.98. The Hall–Kier alpha value is -2.09. The van der Waals surface area contributed by atoms with Crippen LogP contribution in [-0.4, -0.2) is 28.0 Å². The number of nitrogens with one attached hydrogen (secondary N) is 1. The molecule has 1 N–H and O–H groups in total. The monoisotopic (exact) mass is 449 g/mol. The van der Waals surface area contributed by atoms with E-state index < -0.39 is 0 Å². The van der Waals surface area contributed by atoms with E-state index in [9.17, 15) is 9.59 Å². The fourth-order valence-corrected chi connectivity index (χ4v) is 3.43. The highest BCUT2D eigenvalue weighted by Crippen LogP contribution is 2.24. The van der Waals surface area contributed by atoms with Gasteiger partial charge in [0, 0.05) is 27.2 Å². The SMILES string of the molecule is CCCN1C(=O)N/C(=C\c2cc(C)n(-c3ccc(I)cc3)c2C)C1=O. The molecule has 3 amide bonds. The van der Waals surface area contributed by atoms with Crippen molar-refractivity contribution in [3.8, 4) is 5.69 Å². The van der Waals surface area contributed by atoms with Gasteiger partial charge in [0.05, 0.1) is 0 Å². The van der Waals surface area contributed by atoms with Crippen LogP contribution in [0.15, 0.2) is 36.0 Å². The van der Waals surface area contributed by atoms with Crippen LogP contribution in [0.4, 0.5) is 4.79 Å². The van der Waals surface area contributed by atoms with Crippen molar-refractivity contribution in [2.75, 3.05) is 6.54 Å². The van der Waals surface area contributed by atoms with Gasteiger partial charge in [-0.25, -0.2) is 4.79 Å². The van der Waals surface area contributed by atoms with Gasteiger partial charge in [0.2, 0.25) is 0 Å². The van der Waals surface area contributed by atoms with Gasteiger partial charge in [0.25, 0.3) is 5.91 Å². The van der Waals surface area contributed by atoms with Crippen molar-refractivity contribution < 1.29 is 9.59 Å². The summed E-state index contributed by atoms with van der Waals surface area (Å²) in [6, 6.07) is 9.97. The van der Waals surface area contributed by atoms with Crippen LogP contribution in [0.5, 0.6) is 0 Å². The normalized spacial score (nSPS) is 16.0. The molecule has 130 valence electrons. The van der Waals surface area contributed by atoms with E-state index in [1.54, 1.807) is 6.08 Å². The van der Waals surface area contributed by atoms with Crippen LogP contribution < -0.4 is 5.32 Å². The fourth-order valence-electron chi connectivity index (χ4n) is 3.08. The molecule has 5 nitrogen and oxygen atoms in total. The zero-order valence-corrected chi connectivity index (χ0v) is 16.6. The minimum absolute atomic E-state index is 0.258. The number of amides is 3. The molecule has 0 atom stereocenters. The number of imide groups is 1. The summed E-state index contributed by atoms with van der Waals surface area (Å²) in [5, 5.41) is 2.68. The first-order valence-electron chi connectivity index (χ1n) is 8.21. The lowest BCUT2D eigenvalue weighted by Gasteiger charge is -2.10. The fraction of sp³-hybridized carbons (Fsp3) is 0.263. The van der Waals surface area contributed by atoms with Gasteiger partial charge in [-0.2, -0.15) is 0 Å². The summed E-state index contributed by atoms with van der Waals surface area (Å²) in [6.07, 6.45) is 2.51. The smallest absolute Gasteiger partial charge is 0.318 e. The molecular weight excluding hydrogens is 429 g/mol. The van der Waals surface area contributed by atoms with Crippen molar-refractivity contribution in [3.63, 3.8) is 0 Å². The molecular formula is C19H20IN3O2. The first-order valence-corrected chi connectivity index (χ1v) is 9.29. The van der Waals surface area contributed by atoms with Crippen LogP contribution in [0, 0.1) is 17.4 Å². The summed E-state index contributed by atoms with van der Waals surface area (Å²) >= 11 is 2.28. The number of rotatable bonds is 4. The van der Waals surface area contributed by atoms with Gasteiger partial charge in [-0.1, -0.05) is 6.92 Å². The van der Waals surface area contributed by atoms with E-state index in [4.69, 9.17) is 0 Å². The second-order valence-corrected chi connectivity index (χ2v) is 7.33. The van der Waals surface area contributed by atoms with Crippen LogP contribution in [0.3, 0.4) is 0 Å². The molecule has 1 aromatic carbocycles. The summed E-state index contributed by atoms with van der Waals surface area (Å²) in [7, 11) is 0. The van der Waals surface area contributed by atoms with E-state index in [0.717, 1.165) is 29.1 Å². The molecule has 0 unspecified atom stereocenters. The second-order valence-electron chi connectivity index (χ2n) is 6.08. The van der Waals surface area contributed by atoms with E-state index in [1.807, 2.05) is 26.8 Å². The van der Waals surface area contributed by atoms with Gasteiger partial charge in [0.15, 0.2) is 0 Å². The Balaban J connectivity index is 1.97. The zero-order valence-electron chi connectivity index (χ0n) is 14.5. The average molecular weight is 449 g/mol. The summed E-state index contributed by atoms with van der Waals surface area (Å²) < 4.78 is 3.33. The molecule has 0 radical (unpaired) electrons. The van der Waals surface area contributed by atoms with E-state index in [1.165, 1.54) is 8.47 Å². The summed E-state index contributed by atoms with van der Waals surface area (Å²) in [5.74, 6) is -0.258. The third kappa shape index (κ3) is 3.35. The van der Waals surface area contributed by atoms with Crippen molar-refractivity contribution in [2.24, 2.45) is 0 Å². The Kier molecular flexibility index (Phi) is 4.99. The number of nitrogens with zero attached hydrogens (tertiary/aromatic N) is 2. The van der Waals surface area contributed by atoms with E-state index in [-0.39, 0.29) is 11.9 Å². The number of aryl methyl sites for hydroxylation is 1. The molecule has 25 heavy (non-hydrogen) atoms. The molecule has 6 heteroatoms. The minimum atomic E-state index is -0.343. The quantitative estimate of drug-likeness (QED) is 0.436. The minimum Gasteiger partial charge on any atom is -0.318 e. The molecule has 0 spiro atoms. The lowest BCUT2D eigenvalue weighted by molar-refractivity contribution is -0.122. The largest absolute Gasteiger partial charge is 0.329 e. The summed E-state index contributed by atoms with van der Waals surface area (Å²) in [6.45, 7) is 6.43. The molecule has 0 bridgehead atoms. The second kappa shape index (κ2) is 7.03. The molecule has 0 saturated carbocycles. The first kappa shape index (κ1) is 17.7. The van der Waals surface area contributed by atoms with E-state index >= 15 is 0 Å². The molecule has 0 aliphatic carbocycles. The van der Waals surface area contributed by atoms with E-state index in [2.05, 4.69) is 56.7 Å². The van der Waals surface area contributed by atoms with Crippen LogP contribution in [0.1, 0.15) is 30.3 Å². The zero-order chi connectivity index (χ0) is 18.1. The van der Waals surface area contributed by atoms with Crippen molar-refractivity contribution >= 4 is 40.6 Å². The standard InChI is InChI=1S/C19H20IN3O2/c1-4-9-22-18(24)17(21-19(22)25)11-14-10-12(2)23(13(14)3)16-7-5-15(20)6-8-16/h5-8,10-11H,4,9H2,1-3H3,(H,21,25)/b17-11-. The van der Waals surface area contributed by atoms with Crippen molar-refractivity contribution in [2.45, 2.75) is 27.2 Å². The van der Waals surface area contributed by atoms with Gasteiger partial charge in [-0.3, -0.25) is 9.69 Å². The lowest BCUT2D eigenvalue weighted by atomic mass is 10.2. The predicted octanol–water partition coefficient (Wildman–Crippen LogP) is 4.00. The molecule has 1 aromatic heterocycles. The van der Waals surface area contributed by atoms with Crippen molar-refractivity contribution in [1.82, 2.24) is 14.8 Å². The van der Waals surface area contributed by atoms with Crippen LogP contribution in [0.25, 0.3) is 11.8 Å². The van der Waals surface area contributed by atoms with Crippen molar-refractivity contribution in [1.29, 1.82) is 0 Å². The lowest BCUT2D eigenvalue weighted by Crippen LogP contribution is -2.31. The topological polar surface area (TPSA) is 54.3 Å². The van der Waals surface area contributed by atoms with Crippen LogP contribution in [-0.2, 0) is 4.79 Å². The highest BCUT2D eigenvalue weighted by atomic mass is 127. The highest BCUT2D eigenvalue weighted by Gasteiger charge is 2.32. The summed E-state index contributed by atoms with van der Waals surface area (Å²) in [5.41, 5.74) is 4.45. The predicted molar refractivity (Wildman–Crippen MR) is 106 cm³/mol. The van der Waals surface area contributed by atoms with E-state index in [0.29, 0.717) is 12.2 Å². The Morgan fingerprint density at radius 3 is 2.48 bits per heavy atom. The molecule has 2 heterocycles. The Morgan fingerprint density at radius 1 is 1.16 bits per heavy atom. The maximum Gasteiger partial charge on any atom is 0.329 e. The summed E-state index contributed by atoms with van der Waals surface area (Å²) in [4.78, 5) is 25.6. The van der Waals surface area contributed by atoms with Gasteiger partial charge in [-0.05, 0) is 84.8 Å². The first-order chi connectivity index (χ1) is 11.9. The van der Waals surface area contributed by atoms with Gasteiger partial charge < -0.3 is 9.88 Å². The molecule has 2 aromatic rings. The Bertz CT molecular complexity index is 866. The number of halogens is 1. The molecule has 1 aliphatic rings. The van der Waals surface area contributed by atoms with Gasteiger partial charge >= 0.3 is 6.03 Å². The number of carbonyl (C=O) groups excluding carboxylic acids is 2. The highest BCUT2D eigenvalue weighted by molar-refractivity contribution is 14.1. The third-order valence-electron chi connectivity index (χ3n) is 4.26. The number of carbonyl (C=O) groups is 2. The Morgan fingerprint density at radius 2 is 1.84 bits per heavy atom. The Labute approximate surface area is 160 Å². The van der Waals surface area contributed by atoms with Crippen molar-refractivity contribution in [3.05, 3.63) is 56.6 Å². The van der Waals surface area contributed by atoms with Crippen LogP contribution >= 0.6 is 22.6 Å². The van der Waals surface area contributed by atoms with Crippen LogP contribution in [0.2, 0.25) is 0 Å². The maximum atomic E-state index is 12.4. The molecule has 1 aliphatic heterocycles. The number of hydrogen-bond acceptors (Lipinski definition) is 2. The number of hydrogen-bond donors (Lipinski definition) is 1. The number of urea groups is 1. The maximum absolute atomic E-state index is 12.4. The number of aromatic nitrogens is 1. The average Bonchev–Trinajstić information content (AvgIpc) is 3.00. The molecule has 3 rings (SSSR count). The molecule has 1 fully saturated rings. The van der Waals surface area contributed by atoms with Gasteiger partial charge in [0.1, 0.15) is 5.70 Å².